The van der Waals surface area contributed by atoms with E-state index in [2.05, 4.69) is 10.6 Å². The molecule has 4 rings (SSSR count). The Morgan fingerprint density at radius 1 is 0.921 bits per heavy atom. The molecule has 0 bridgehead atoms. The van der Waals surface area contributed by atoms with E-state index in [1.165, 1.54) is 29.2 Å². The van der Waals surface area contributed by atoms with Crippen LogP contribution >= 0.6 is 0 Å². The molecule has 3 aromatic rings. The fourth-order valence-corrected chi connectivity index (χ4v) is 4.37. The Morgan fingerprint density at radius 2 is 1.50 bits per heavy atom. The molecule has 198 valence electrons. The largest absolute Gasteiger partial charge is 0.478 e. The number of benzene rings is 3. The summed E-state index contributed by atoms with van der Waals surface area (Å²) in [4.78, 5) is 38.4. The number of carboxylic acid groups (broad SMARTS) is 1. The Bertz CT molecular complexity index is 1310. The van der Waals surface area contributed by atoms with Crippen LogP contribution in [0.15, 0.2) is 72.8 Å². The van der Waals surface area contributed by atoms with Gasteiger partial charge in [-0.05, 0) is 72.9 Å². The Balaban J connectivity index is 1.36. The lowest BCUT2D eigenvalue weighted by molar-refractivity contribution is -0.137. The summed E-state index contributed by atoms with van der Waals surface area (Å²) in [5, 5.41) is 14.6. The van der Waals surface area contributed by atoms with Gasteiger partial charge in [0.05, 0.1) is 17.2 Å². The van der Waals surface area contributed by atoms with E-state index < -0.39 is 35.8 Å². The number of halogens is 3. The van der Waals surface area contributed by atoms with Gasteiger partial charge in [-0.2, -0.15) is 13.2 Å². The van der Waals surface area contributed by atoms with Gasteiger partial charge in [0.15, 0.2) is 0 Å². The number of anilines is 1. The highest BCUT2D eigenvalue weighted by Gasteiger charge is 2.35. The maximum Gasteiger partial charge on any atom is 0.416 e. The standard InChI is InChI=1S/C28H26F3N3O4/c1-17(18-8-12-22(13-9-18)28(29,30)31)32-27(38)34-16-2-3-24(34)25(35)33-23-14-10-20(11-15-23)19-4-6-21(7-5-19)26(36)37/h4-15,17,24H,2-3,16H2,1H3,(H,32,38)(H,33,35)(H,36,37)/t17-,24+/m0/s1. The Hall–Kier alpha value is -4.34. The number of hydrogen-bond acceptors (Lipinski definition) is 3. The van der Waals surface area contributed by atoms with Crippen LogP contribution in [0.1, 0.15) is 47.3 Å². The molecule has 1 aliphatic rings. The fraction of sp³-hybridized carbons (Fsp3) is 0.250. The average Bonchev–Trinajstić information content (AvgIpc) is 3.39. The van der Waals surface area contributed by atoms with Crippen molar-refractivity contribution in [3.05, 3.63) is 89.5 Å². The second-order valence-corrected chi connectivity index (χ2v) is 9.09. The van der Waals surface area contributed by atoms with Crippen LogP contribution in [0.3, 0.4) is 0 Å². The summed E-state index contributed by atoms with van der Waals surface area (Å²) >= 11 is 0. The molecule has 1 aliphatic heterocycles. The van der Waals surface area contributed by atoms with E-state index in [1.54, 1.807) is 43.3 Å². The summed E-state index contributed by atoms with van der Waals surface area (Å²) in [6, 6.07) is 16.4. The number of aromatic carboxylic acids is 1. The fourth-order valence-electron chi connectivity index (χ4n) is 4.37. The first-order valence-corrected chi connectivity index (χ1v) is 12.0. The smallest absolute Gasteiger partial charge is 0.416 e. The van der Waals surface area contributed by atoms with Crippen molar-refractivity contribution in [3.63, 3.8) is 0 Å². The third kappa shape index (κ3) is 6.13. The maximum absolute atomic E-state index is 13.0. The number of carbonyl (C=O) groups is 3. The normalized spacial score (nSPS) is 16.1. The quantitative estimate of drug-likeness (QED) is 0.371. The molecule has 0 saturated carbocycles. The molecule has 0 aliphatic carbocycles. The van der Waals surface area contributed by atoms with Crippen LogP contribution in [-0.4, -0.2) is 40.5 Å². The molecular weight excluding hydrogens is 499 g/mol. The molecule has 2 atom stereocenters. The number of carboxylic acids is 1. The van der Waals surface area contributed by atoms with Gasteiger partial charge < -0.3 is 20.6 Å². The lowest BCUT2D eigenvalue weighted by Gasteiger charge is -2.26. The van der Waals surface area contributed by atoms with Gasteiger partial charge in [-0.3, -0.25) is 4.79 Å². The zero-order valence-electron chi connectivity index (χ0n) is 20.5. The summed E-state index contributed by atoms with van der Waals surface area (Å²) in [7, 11) is 0. The third-order valence-electron chi connectivity index (χ3n) is 6.51. The first kappa shape index (κ1) is 26.7. The number of likely N-dealkylation sites (tertiary alicyclic amines) is 1. The third-order valence-corrected chi connectivity index (χ3v) is 6.51. The molecular formula is C28H26F3N3O4. The van der Waals surface area contributed by atoms with Crippen molar-refractivity contribution in [1.82, 2.24) is 10.2 Å². The van der Waals surface area contributed by atoms with Crippen molar-refractivity contribution >= 4 is 23.6 Å². The number of urea groups is 1. The van der Waals surface area contributed by atoms with E-state index in [9.17, 15) is 27.6 Å². The van der Waals surface area contributed by atoms with Crippen LogP contribution in [0.2, 0.25) is 0 Å². The summed E-state index contributed by atoms with van der Waals surface area (Å²) < 4.78 is 38.4. The van der Waals surface area contributed by atoms with Crippen molar-refractivity contribution in [3.8, 4) is 11.1 Å². The van der Waals surface area contributed by atoms with Crippen LogP contribution in [0, 0.1) is 0 Å². The monoisotopic (exact) mass is 525 g/mol. The molecule has 0 spiro atoms. The highest BCUT2D eigenvalue weighted by atomic mass is 19.4. The summed E-state index contributed by atoms with van der Waals surface area (Å²) in [6.07, 6.45) is -3.30. The molecule has 1 heterocycles. The first-order valence-electron chi connectivity index (χ1n) is 12.0. The average molecular weight is 526 g/mol. The van der Waals surface area contributed by atoms with Crippen LogP contribution in [-0.2, 0) is 11.0 Å². The molecule has 3 amide bonds. The zero-order valence-corrected chi connectivity index (χ0v) is 20.5. The van der Waals surface area contributed by atoms with Gasteiger partial charge in [-0.25, -0.2) is 9.59 Å². The van der Waals surface area contributed by atoms with Crippen LogP contribution in [0.25, 0.3) is 11.1 Å². The lowest BCUT2D eigenvalue weighted by Crippen LogP contribution is -2.48. The van der Waals surface area contributed by atoms with Gasteiger partial charge >= 0.3 is 18.2 Å². The molecule has 1 fully saturated rings. The first-order chi connectivity index (χ1) is 18.0. The Labute approximate surface area is 217 Å². The predicted molar refractivity (Wildman–Crippen MR) is 136 cm³/mol. The molecule has 10 heteroatoms. The number of hydrogen-bond donors (Lipinski definition) is 3. The SMILES string of the molecule is C[C@H](NC(=O)N1CCC[C@@H]1C(=O)Nc1ccc(-c2ccc(C(=O)O)cc2)cc1)c1ccc(C(F)(F)F)cc1. The van der Waals surface area contributed by atoms with E-state index in [0.717, 1.165) is 23.3 Å². The minimum Gasteiger partial charge on any atom is -0.478 e. The number of nitrogens with zero attached hydrogens (tertiary/aromatic N) is 1. The number of alkyl halides is 3. The minimum absolute atomic E-state index is 0.191. The van der Waals surface area contributed by atoms with Gasteiger partial charge in [-0.15, -0.1) is 0 Å². The van der Waals surface area contributed by atoms with E-state index in [1.807, 2.05) is 0 Å². The number of nitrogens with one attached hydrogen (secondary N) is 2. The highest BCUT2D eigenvalue weighted by Crippen LogP contribution is 2.30. The molecule has 0 unspecified atom stereocenters. The second-order valence-electron chi connectivity index (χ2n) is 9.09. The molecule has 0 aromatic heterocycles. The summed E-state index contributed by atoms with van der Waals surface area (Å²) in [5.41, 5.74) is 2.17. The Kier molecular flexibility index (Phi) is 7.70. The van der Waals surface area contributed by atoms with Gasteiger partial charge in [0.2, 0.25) is 5.91 Å². The van der Waals surface area contributed by atoms with Crippen molar-refractivity contribution in [2.45, 2.75) is 38.0 Å². The van der Waals surface area contributed by atoms with E-state index in [4.69, 9.17) is 5.11 Å². The van der Waals surface area contributed by atoms with E-state index in [-0.39, 0.29) is 11.5 Å². The van der Waals surface area contributed by atoms with Crippen molar-refractivity contribution in [2.24, 2.45) is 0 Å². The van der Waals surface area contributed by atoms with Gasteiger partial charge in [0.25, 0.3) is 0 Å². The number of carbonyl (C=O) groups excluding carboxylic acids is 2. The minimum atomic E-state index is -4.44. The number of amides is 3. The maximum atomic E-state index is 13.0. The molecule has 3 aromatic carbocycles. The van der Waals surface area contributed by atoms with Gasteiger partial charge in [-0.1, -0.05) is 36.4 Å². The summed E-state index contributed by atoms with van der Waals surface area (Å²) in [6.45, 7) is 2.05. The number of rotatable bonds is 6. The van der Waals surface area contributed by atoms with Gasteiger partial charge in [0, 0.05) is 12.2 Å². The van der Waals surface area contributed by atoms with Crippen LogP contribution in [0.4, 0.5) is 23.7 Å². The molecule has 38 heavy (non-hydrogen) atoms. The second kappa shape index (κ2) is 11.0. The van der Waals surface area contributed by atoms with Crippen LogP contribution in [0.5, 0.6) is 0 Å². The van der Waals surface area contributed by atoms with E-state index >= 15 is 0 Å². The van der Waals surface area contributed by atoms with Crippen molar-refractivity contribution in [2.75, 3.05) is 11.9 Å². The van der Waals surface area contributed by atoms with Crippen molar-refractivity contribution < 1.29 is 32.7 Å². The lowest BCUT2D eigenvalue weighted by atomic mass is 10.0. The predicted octanol–water partition coefficient (Wildman–Crippen LogP) is 5.94. The van der Waals surface area contributed by atoms with E-state index in [0.29, 0.717) is 30.6 Å². The molecule has 0 radical (unpaired) electrons. The van der Waals surface area contributed by atoms with Gasteiger partial charge in [0.1, 0.15) is 6.04 Å². The van der Waals surface area contributed by atoms with Crippen LogP contribution < -0.4 is 10.6 Å². The Morgan fingerprint density at radius 3 is 2.05 bits per heavy atom. The topological polar surface area (TPSA) is 98.7 Å². The molecule has 7 nitrogen and oxygen atoms in total. The molecule has 1 saturated heterocycles. The highest BCUT2D eigenvalue weighted by molar-refractivity contribution is 5.97. The molecule has 3 N–H and O–H groups in total. The van der Waals surface area contributed by atoms with Crippen molar-refractivity contribution in [1.29, 1.82) is 0 Å². The summed E-state index contributed by atoms with van der Waals surface area (Å²) in [5.74, 6) is -1.34. The zero-order chi connectivity index (χ0) is 27.4.